The van der Waals surface area contributed by atoms with Gasteiger partial charge in [0, 0.05) is 24.6 Å². The highest BCUT2D eigenvalue weighted by atomic mass is 16.2. The fraction of sp³-hybridized carbons (Fsp3) is 0.643. The number of nitrogens with one attached hydrogen (secondary N) is 3. The molecule has 3 N–H and O–H groups in total. The molecule has 1 aromatic heterocycles. The largest absolute Gasteiger partial charge is 0.373 e. The zero-order valence-electron chi connectivity index (χ0n) is 12.6. The van der Waals surface area contributed by atoms with Crippen LogP contribution in [0, 0.1) is 6.92 Å². The molecule has 0 bridgehead atoms. The van der Waals surface area contributed by atoms with Crippen LogP contribution in [0.15, 0.2) is 0 Å². The summed E-state index contributed by atoms with van der Waals surface area (Å²) in [4.78, 5) is 20.7. The van der Waals surface area contributed by atoms with Gasteiger partial charge in [0.05, 0.1) is 6.54 Å². The summed E-state index contributed by atoms with van der Waals surface area (Å²) < 4.78 is 0. The lowest BCUT2D eigenvalue weighted by molar-refractivity contribution is -0.119. The number of anilines is 2. The van der Waals surface area contributed by atoms with E-state index in [1.807, 2.05) is 27.8 Å². The van der Waals surface area contributed by atoms with Gasteiger partial charge in [0.25, 0.3) is 0 Å². The van der Waals surface area contributed by atoms with E-state index in [1.54, 1.807) is 0 Å². The number of rotatable bonds is 6. The van der Waals surface area contributed by atoms with Crippen molar-refractivity contribution in [3.63, 3.8) is 0 Å². The van der Waals surface area contributed by atoms with E-state index in [4.69, 9.17) is 0 Å². The van der Waals surface area contributed by atoms with Gasteiger partial charge in [-0.15, -0.1) is 0 Å². The first-order valence-corrected chi connectivity index (χ1v) is 7.10. The predicted molar refractivity (Wildman–Crippen MR) is 80.1 cm³/mol. The lowest BCUT2D eigenvalue weighted by Gasteiger charge is -2.15. The molecule has 1 aliphatic rings. The van der Waals surface area contributed by atoms with Crippen molar-refractivity contribution in [3.8, 4) is 0 Å². The highest BCUT2D eigenvalue weighted by molar-refractivity contribution is 5.81. The minimum absolute atomic E-state index is 0.0163. The quantitative estimate of drug-likeness (QED) is 0.736. The smallest absolute Gasteiger partial charge is 0.239 e. The average Bonchev–Trinajstić information content (AvgIpc) is 3.21. The fourth-order valence-corrected chi connectivity index (χ4v) is 1.88. The minimum atomic E-state index is 0.0163. The molecule has 0 radical (unpaired) electrons. The van der Waals surface area contributed by atoms with Gasteiger partial charge in [-0.3, -0.25) is 4.79 Å². The molecule has 110 valence electrons. The maximum absolute atomic E-state index is 11.7. The first-order valence-electron chi connectivity index (χ1n) is 7.10. The van der Waals surface area contributed by atoms with Gasteiger partial charge in [0.15, 0.2) is 0 Å². The van der Waals surface area contributed by atoms with E-state index >= 15 is 0 Å². The second-order valence-electron chi connectivity index (χ2n) is 5.50. The predicted octanol–water partition coefficient (Wildman–Crippen LogP) is 1.64. The van der Waals surface area contributed by atoms with Crippen molar-refractivity contribution in [1.82, 2.24) is 15.3 Å². The first kappa shape index (κ1) is 14.6. The lowest BCUT2D eigenvalue weighted by Crippen LogP contribution is -2.31. The van der Waals surface area contributed by atoms with Gasteiger partial charge in [0.1, 0.15) is 17.5 Å². The highest BCUT2D eigenvalue weighted by Gasteiger charge is 2.23. The molecule has 1 aromatic rings. The molecule has 0 saturated heterocycles. The molecule has 1 amide bonds. The van der Waals surface area contributed by atoms with Crippen LogP contribution in [0.4, 0.5) is 11.6 Å². The average molecular weight is 277 g/mol. The molecule has 1 saturated carbocycles. The lowest BCUT2D eigenvalue weighted by atomic mass is 10.2. The van der Waals surface area contributed by atoms with E-state index in [2.05, 4.69) is 25.9 Å². The monoisotopic (exact) mass is 277 g/mol. The van der Waals surface area contributed by atoms with Gasteiger partial charge in [0.2, 0.25) is 5.91 Å². The molecule has 0 spiro atoms. The summed E-state index contributed by atoms with van der Waals surface area (Å²) in [5.74, 6) is 2.55. The maximum Gasteiger partial charge on any atom is 0.239 e. The van der Waals surface area contributed by atoms with E-state index in [0.717, 1.165) is 35.9 Å². The number of hydrogen-bond acceptors (Lipinski definition) is 5. The van der Waals surface area contributed by atoms with Crippen molar-refractivity contribution in [2.75, 3.05) is 24.2 Å². The van der Waals surface area contributed by atoms with Crippen LogP contribution in [0.5, 0.6) is 0 Å². The van der Waals surface area contributed by atoms with Gasteiger partial charge in [-0.1, -0.05) is 13.8 Å². The van der Waals surface area contributed by atoms with Gasteiger partial charge in [-0.2, -0.15) is 0 Å². The number of carbonyl (C=O) groups excluding carboxylic acids is 1. The summed E-state index contributed by atoms with van der Waals surface area (Å²) in [5.41, 5.74) is 0.927. The van der Waals surface area contributed by atoms with Crippen LogP contribution in [0.3, 0.4) is 0 Å². The molecule has 6 nitrogen and oxygen atoms in total. The Balaban J connectivity index is 2.08. The van der Waals surface area contributed by atoms with Crippen LogP contribution in [-0.2, 0) is 4.79 Å². The summed E-state index contributed by atoms with van der Waals surface area (Å²) >= 11 is 0. The van der Waals surface area contributed by atoms with Crippen LogP contribution in [0.2, 0.25) is 0 Å². The third-order valence-corrected chi connectivity index (χ3v) is 3.28. The van der Waals surface area contributed by atoms with E-state index in [0.29, 0.717) is 6.04 Å². The first-order chi connectivity index (χ1) is 9.51. The molecular weight excluding hydrogens is 254 g/mol. The molecule has 1 fully saturated rings. The molecular formula is C14H23N5O. The summed E-state index contributed by atoms with van der Waals surface area (Å²) in [6.45, 7) is 6.29. The van der Waals surface area contributed by atoms with E-state index in [9.17, 15) is 4.79 Å². The van der Waals surface area contributed by atoms with Gasteiger partial charge < -0.3 is 16.0 Å². The van der Waals surface area contributed by atoms with E-state index in [1.165, 1.54) is 0 Å². The van der Waals surface area contributed by atoms with Crippen LogP contribution < -0.4 is 16.0 Å². The summed E-state index contributed by atoms with van der Waals surface area (Å²) in [7, 11) is 1.84. The summed E-state index contributed by atoms with van der Waals surface area (Å²) in [6.07, 6.45) is 2.19. The molecule has 0 unspecified atom stereocenters. The van der Waals surface area contributed by atoms with Crippen LogP contribution in [0.25, 0.3) is 0 Å². The molecule has 6 heteroatoms. The van der Waals surface area contributed by atoms with Crippen molar-refractivity contribution in [2.45, 2.75) is 45.6 Å². The Morgan fingerprint density at radius 1 is 1.30 bits per heavy atom. The Kier molecular flexibility index (Phi) is 4.42. The van der Waals surface area contributed by atoms with Crippen LogP contribution in [-0.4, -0.2) is 35.5 Å². The Morgan fingerprint density at radius 3 is 2.50 bits per heavy atom. The highest BCUT2D eigenvalue weighted by Crippen LogP contribution is 2.22. The van der Waals surface area contributed by atoms with E-state index < -0.39 is 0 Å². The number of hydrogen-bond donors (Lipinski definition) is 3. The molecule has 0 aliphatic heterocycles. The number of aromatic nitrogens is 2. The Labute approximate surface area is 119 Å². The van der Waals surface area contributed by atoms with E-state index in [-0.39, 0.29) is 18.4 Å². The van der Waals surface area contributed by atoms with Gasteiger partial charge in [-0.05, 0) is 19.8 Å². The normalized spacial score (nSPS) is 14.2. The number of nitrogens with zero attached hydrogens (tertiary/aromatic N) is 2. The number of amides is 1. The third kappa shape index (κ3) is 3.59. The standard InChI is InChI=1S/C14H23N5O/c1-8(2)12-18-13(15-4)9(3)14(19-12)16-7-11(20)17-10-5-6-10/h8,10H,5-7H2,1-4H3,(H,17,20)(H2,15,16,18,19). The zero-order chi connectivity index (χ0) is 14.7. The molecule has 1 heterocycles. The minimum Gasteiger partial charge on any atom is -0.373 e. The van der Waals surface area contributed by atoms with Crippen molar-refractivity contribution >= 4 is 17.5 Å². The third-order valence-electron chi connectivity index (χ3n) is 3.28. The SMILES string of the molecule is CNc1nc(C(C)C)nc(NCC(=O)NC2CC2)c1C. The second-order valence-corrected chi connectivity index (χ2v) is 5.50. The maximum atomic E-state index is 11.7. The van der Waals surface area contributed by atoms with Crippen molar-refractivity contribution < 1.29 is 4.79 Å². The van der Waals surface area contributed by atoms with Crippen LogP contribution >= 0.6 is 0 Å². The molecule has 0 atom stereocenters. The zero-order valence-corrected chi connectivity index (χ0v) is 12.6. The Hall–Kier alpha value is -1.85. The van der Waals surface area contributed by atoms with Crippen molar-refractivity contribution in [2.24, 2.45) is 0 Å². The van der Waals surface area contributed by atoms with Gasteiger partial charge >= 0.3 is 0 Å². The Bertz CT molecular complexity index is 497. The van der Waals surface area contributed by atoms with Crippen LogP contribution in [0.1, 0.15) is 44.0 Å². The molecule has 20 heavy (non-hydrogen) atoms. The summed E-state index contributed by atoms with van der Waals surface area (Å²) in [5, 5.41) is 9.13. The number of carbonyl (C=O) groups is 1. The molecule has 0 aromatic carbocycles. The second kappa shape index (κ2) is 6.07. The topological polar surface area (TPSA) is 78.9 Å². The summed E-state index contributed by atoms with van der Waals surface area (Å²) in [6, 6.07) is 0.384. The van der Waals surface area contributed by atoms with Crippen molar-refractivity contribution in [3.05, 3.63) is 11.4 Å². The fourth-order valence-electron chi connectivity index (χ4n) is 1.88. The van der Waals surface area contributed by atoms with Crippen molar-refractivity contribution in [1.29, 1.82) is 0 Å². The molecule has 2 rings (SSSR count). The molecule has 1 aliphatic carbocycles. The van der Waals surface area contributed by atoms with Gasteiger partial charge in [-0.25, -0.2) is 9.97 Å². The Morgan fingerprint density at radius 2 is 1.95 bits per heavy atom.